The molecule has 1 aliphatic heterocycles. The summed E-state index contributed by atoms with van der Waals surface area (Å²) < 4.78 is 13.3. The van der Waals surface area contributed by atoms with Crippen molar-refractivity contribution in [2.75, 3.05) is 6.54 Å². The van der Waals surface area contributed by atoms with Gasteiger partial charge >= 0.3 is 7.12 Å². The number of aryl methyl sites for hydroxylation is 1. The maximum Gasteiger partial charge on any atom is 0.481 e. The normalized spacial score (nSPS) is 25.0. The van der Waals surface area contributed by atoms with Gasteiger partial charge in [0.05, 0.1) is 23.3 Å². The molecule has 0 radical (unpaired) electrons. The van der Waals surface area contributed by atoms with Crippen LogP contribution in [0.5, 0.6) is 0 Å². The van der Waals surface area contributed by atoms with Gasteiger partial charge in [0.1, 0.15) is 18.1 Å². The second kappa shape index (κ2) is 13.4. The minimum atomic E-state index is -1.11. The zero-order valence-corrected chi connectivity index (χ0v) is 28.7. The number of hydrogen-bond donors (Lipinski definition) is 3. The van der Waals surface area contributed by atoms with E-state index in [9.17, 15) is 14.4 Å². The highest BCUT2D eigenvalue weighted by Crippen LogP contribution is 2.65. The molecule has 48 heavy (non-hydrogen) atoms. The summed E-state index contributed by atoms with van der Waals surface area (Å²) in [7, 11) is -0.629. The molecule has 10 nitrogen and oxygen atoms in total. The van der Waals surface area contributed by atoms with Gasteiger partial charge in [0, 0.05) is 17.7 Å². The summed E-state index contributed by atoms with van der Waals surface area (Å²) in [5.74, 6) is -0.615. The number of nitrogens with one attached hydrogen (secondary N) is 3. The SMILES string of the molecule is Cc1ccc(C(=O)NC[C@H](NC(=O)c2cc(-c3ccccc3)ncn2)C(=O)N[C@@H](CC(C)C)B2O[C@@H]3C[C@H]4C[C@@H](C4(C)C)[C@]3(C)O2)cc1. The maximum absolute atomic E-state index is 14.1. The molecular weight excluding hydrogens is 605 g/mol. The van der Waals surface area contributed by atoms with Gasteiger partial charge in [-0.25, -0.2) is 9.97 Å². The zero-order chi connectivity index (χ0) is 34.2. The minimum Gasteiger partial charge on any atom is -0.404 e. The number of hydrogen-bond acceptors (Lipinski definition) is 7. The van der Waals surface area contributed by atoms with Gasteiger partial charge in [-0.05, 0) is 74.5 Å². The number of rotatable bonds is 11. The van der Waals surface area contributed by atoms with Crippen LogP contribution in [-0.4, -0.2) is 65.0 Å². The minimum absolute atomic E-state index is 0.0355. The van der Waals surface area contributed by atoms with Crippen LogP contribution in [0.3, 0.4) is 0 Å². The van der Waals surface area contributed by atoms with E-state index in [2.05, 4.69) is 60.5 Å². The third kappa shape index (κ3) is 6.76. The van der Waals surface area contributed by atoms with Crippen LogP contribution in [0, 0.1) is 30.1 Å². The Labute approximate surface area is 283 Å². The molecule has 1 saturated heterocycles. The Bertz CT molecular complexity index is 1650. The summed E-state index contributed by atoms with van der Waals surface area (Å²) in [6.45, 7) is 12.8. The summed E-state index contributed by atoms with van der Waals surface area (Å²) in [5, 5.41) is 8.80. The highest BCUT2D eigenvalue weighted by atomic mass is 16.7. The lowest BCUT2D eigenvalue weighted by atomic mass is 9.43. The molecule has 3 aliphatic carbocycles. The van der Waals surface area contributed by atoms with E-state index in [4.69, 9.17) is 9.31 Å². The summed E-state index contributed by atoms with van der Waals surface area (Å²) in [5.41, 5.74) is 2.75. The molecule has 3 saturated carbocycles. The first-order valence-corrected chi connectivity index (χ1v) is 17.0. The Kier molecular flexibility index (Phi) is 9.46. The van der Waals surface area contributed by atoms with E-state index in [-0.39, 0.29) is 35.6 Å². The molecule has 4 fully saturated rings. The molecule has 7 rings (SSSR count). The van der Waals surface area contributed by atoms with Gasteiger partial charge in [0.2, 0.25) is 5.91 Å². The highest BCUT2D eigenvalue weighted by molar-refractivity contribution is 6.48. The van der Waals surface area contributed by atoms with Crippen molar-refractivity contribution in [1.82, 2.24) is 25.9 Å². The molecule has 3 aromatic rings. The Hall–Kier alpha value is -4.09. The first-order chi connectivity index (χ1) is 22.8. The maximum atomic E-state index is 14.1. The first-order valence-electron chi connectivity index (χ1n) is 17.0. The van der Waals surface area contributed by atoms with Crippen LogP contribution in [0.4, 0.5) is 0 Å². The topological polar surface area (TPSA) is 132 Å². The third-order valence-electron chi connectivity index (χ3n) is 10.7. The number of carbonyl (C=O) groups is 3. The number of nitrogens with zero attached hydrogens (tertiary/aromatic N) is 2. The van der Waals surface area contributed by atoms with Crippen molar-refractivity contribution in [3.05, 3.63) is 83.8 Å². The van der Waals surface area contributed by atoms with E-state index in [1.54, 1.807) is 18.2 Å². The predicted molar refractivity (Wildman–Crippen MR) is 184 cm³/mol. The molecule has 6 atom stereocenters. The molecular formula is C37H46BN5O5. The Morgan fingerprint density at radius 1 is 0.958 bits per heavy atom. The van der Waals surface area contributed by atoms with Gasteiger partial charge in [-0.1, -0.05) is 75.7 Å². The van der Waals surface area contributed by atoms with Crippen LogP contribution >= 0.6 is 0 Å². The summed E-state index contributed by atoms with van der Waals surface area (Å²) >= 11 is 0. The fourth-order valence-corrected chi connectivity index (χ4v) is 7.79. The molecule has 3 N–H and O–H groups in total. The number of amides is 3. The molecule has 0 unspecified atom stereocenters. The summed E-state index contributed by atoms with van der Waals surface area (Å²) in [6, 6.07) is 17.1. The van der Waals surface area contributed by atoms with Crippen LogP contribution in [-0.2, 0) is 14.1 Å². The average molecular weight is 652 g/mol. The molecule has 252 valence electrons. The first kappa shape index (κ1) is 33.8. The van der Waals surface area contributed by atoms with Crippen LogP contribution < -0.4 is 16.0 Å². The molecule has 11 heteroatoms. The second-order valence-electron chi connectivity index (χ2n) is 14.8. The molecule has 3 amide bonds. The van der Waals surface area contributed by atoms with Gasteiger partial charge in [-0.3, -0.25) is 14.4 Å². The van der Waals surface area contributed by atoms with Crippen molar-refractivity contribution < 1.29 is 23.7 Å². The fraction of sp³-hybridized carbons (Fsp3) is 0.486. The smallest absolute Gasteiger partial charge is 0.404 e. The Morgan fingerprint density at radius 2 is 1.69 bits per heavy atom. The van der Waals surface area contributed by atoms with E-state index in [1.165, 1.54) is 6.33 Å². The van der Waals surface area contributed by atoms with Crippen molar-refractivity contribution in [2.24, 2.45) is 23.2 Å². The van der Waals surface area contributed by atoms with E-state index < -0.39 is 36.5 Å². The Balaban J connectivity index is 1.21. The van der Waals surface area contributed by atoms with Gasteiger partial charge in [0.25, 0.3) is 11.8 Å². The highest BCUT2D eigenvalue weighted by Gasteiger charge is 2.68. The summed E-state index contributed by atoms with van der Waals surface area (Å²) in [4.78, 5) is 49.2. The molecule has 2 aromatic carbocycles. The monoisotopic (exact) mass is 651 g/mol. The van der Waals surface area contributed by atoms with Gasteiger partial charge in [-0.15, -0.1) is 0 Å². The lowest BCUT2D eigenvalue weighted by molar-refractivity contribution is -0.199. The van der Waals surface area contributed by atoms with Gasteiger partial charge in [-0.2, -0.15) is 0 Å². The molecule has 2 bridgehead atoms. The van der Waals surface area contributed by atoms with Crippen molar-refractivity contribution in [2.45, 2.75) is 84.5 Å². The van der Waals surface area contributed by atoms with Crippen molar-refractivity contribution in [1.29, 1.82) is 0 Å². The summed E-state index contributed by atoms with van der Waals surface area (Å²) in [6.07, 6.45) is 3.96. The van der Waals surface area contributed by atoms with E-state index in [1.807, 2.05) is 49.4 Å². The van der Waals surface area contributed by atoms with Crippen LogP contribution in [0.2, 0.25) is 0 Å². The number of carbonyl (C=O) groups excluding carboxylic acids is 3. The predicted octanol–water partition coefficient (Wildman–Crippen LogP) is 4.78. The van der Waals surface area contributed by atoms with Crippen LogP contribution in [0.1, 0.15) is 80.3 Å². The van der Waals surface area contributed by atoms with E-state index >= 15 is 0 Å². The molecule has 0 spiro atoms. The largest absolute Gasteiger partial charge is 0.481 e. The third-order valence-corrected chi connectivity index (χ3v) is 10.7. The number of benzene rings is 2. The lowest BCUT2D eigenvalue weighted by Gasteiger charge is -2.64. The average Bonchev–Trinajstić information content (AvgIpc) is 3.44. The van der Waals surface area contributed by atoms with Gasteiger partial charge in [0.15, 0.2) is 0 Å². The molecule has 2 heterocycles. The Morgan fingerprint density at radius 3 is 2.38 bits per heavy atom. The second-order valence-corrected chi connectivity index (χ2v) is 14.8. The van der Waals surface area contributed by atoms with Crippen molar-refractivity contribution in [3.63, 3.8) is 0 Å². The lowest BCUT2D eigenvalue weighted by Crippen LogP contribution is -2.65. The molecule has 1 aromatic heterocycles. The van der Waals surface area contributed by atoms with E-state index in [0.717, 1.165) is 24.0 Å². The van der Waals surface area contributed by atoms with Gasteiger partial charge < -0.3 is 25.3 Å². The quantitative estimate of drug-likeness (QED) is 0.255. The standard InChI is InChI=1S/C37H46BN5O5/c1-22(2)16-32(38-47-31-18-26-17-30(36(26,4)5)37(31,6)48-38)43-35(46)29(20-39-33(44)25-14-12-23(3)13-15-25)42-34(45)28-19-27(40-21-41-28)24-10-8-7-9-11-24/h7-15,19,21-22,26,29-32H,16-18,20H2,1-6H3,(H,39,44)(H,42,45)(H,43,46)/t26-,29+,30+,31-,32+,37+/m1/s1. The fourth-order valence-electron chi connectivity index (χ4n) is 7.79. The van der Waals surface area contributed by atoms with E-state index in [0.29, 0.717) is 29.5 Å². The number of aromatic nitrogens is 2. The van der Waals surface area contributed by atoms with Crippen LogP contribution in [0.15, 0.2) is 67.0 Å². The van der Waals surface area contributed by atoms with Crippen molar-refractivity contribution >= 4 is 24.8 Å². The molecule has 4 aliphatic rings. The van der Waals surface area contributed by atoms with Crippen LogP contribution in [0.25, 0.3) is 11.3 Å². The van der Waals surface area contributed by atoms with Crippen molar-refractivity contribution in [3.8, 4) is 11.3 Å². The zero-order valence-electron chi connectivity index (χ0n) is 28.7.